The highest BCUT2D eigenvalue weighted by Crippen LogP contribution is 2.26. The molecule has 1 aliphatic heterocycles. The maximum Gasteiger partial charge on any atom is 0.272 e. The molecular formula is C21H19ClN4O2. The first-order valence-electron chi connectivity index (χ1n) is 9.09. The fraction of sp³-hybridized carbons (Fsp3) is 0.190. The van der Waals surface area contributed by atoms with Gasteiger partial charge in [-0.2, -0.15) is 5.10 Å². The van der Waals surface area contributed by atoms with Gasteiger partial charge in [-0.05, 0) is 54.3 Å². The van der Waals surface area contributed by atoms with Crippen molar-refractivity contribution in [2.45, 2.75) is 18.9 Å². The number of carbonyl (C=O) groups is 2. The summed E-state index contributed by atoms with van der Waals surface area (Å²) in [6.07, 6.45) is 2.96. The molecule has 0 unspecified atom stereocenters. The minimum atomic E-state index is -0.495. The average molecular weight is 395 g/mol. The molecule has 2 N–H and O–H groups in total. The van der Waals surface area contributed by atoms with Crippen LogP contribution in [0.25, 0.3) is 11.1 Å². The van der Waals surface area contributed by atoms with Crippen molar-refractivity contribution >= 4 is 29.1 Å². The molecule has 0 saturated carbocycles. The summed E-state index contributed by atoms with van der Waals surface area (Å²) in [6.45, 7) is 0.554. The Morgan fingerprint density at radius 2 is 1.89 bits per heavy atom. The van der Waals surface area contributed by atoms with Crippen LogP contribution in [0.15, 0.2) is 60.8 Å². The molecule has 0 radical (unpaired) electrons. The molecular weight excluding hydrogens is 376 g/mol. The van der Waals surface area contributed by atoms with Crippen LogP contribution < -0.4 is 5.32 Å². The highest BCUT2D eigenvalue weighted by molar-refractivity contribution is 6.30. The third kappa shape index (κ3) is 3.77. The molecule has 2 aromatic carbocycles. The van der Waals surface area contributed by atoms with Crippen molar-refractivity contribution < 1.29 is 9.59 Å². The standard InChI is InChI=1S/C21H19ClN4O2/c22-16-6-1-4-14(12-16)15-5-2-7-17(13-15)24-20(27)19-8-3-11-26(19)21(28)18-9-10-23-25-18/h1-2,4-7,9-10,12-13,19H,3,8,11H2,(H,23,25)(H,24,27)/t19-/m0/s1. The van der Waals surface area contributed by atoms with Crippen molar-refractivity contribution in [3.63, 3.8) is 0 Å². The van der Waals surface area contributed by atoms with Crippen molar-refractivity contribution in [1.82, 2.24) is 15.1 Å². The van der Waals surface area contributed by atoms with Gasteiger partial charge >= 0.3 is 0 Å². The van der Waals surface area contributed by atoms with Gasteiger partial charge < -0.3 is 10.2 Å². The predicted molar refractivity (Wildman–Crippen MR) is 108 cm³/mol. The number of aromatic nitrogens is 2. The molecule has 28 heavy (non-hydrogen) atoms. The summed E-state index contributed by atoms with van der Waals surface area (Å²) < 4.78 is 0. The summed E-state index contributed by atoms with van der Waals surface area (Å²) in [7, 11) is 0. The minimum absolute atomic E-state index is 0.186. The van der Waals surface area contributed by atoms with E-state index in [1.54, 1.807) is 11.0 Å². The fourth-order valence-electron chi connectivity index (χ4n) is 3.48. The number of nitrogens with one attached hydrogen (secondary N) is 2. The van der Waals surface area contributed by atoms with Crippen LogP contribution in [0.5, 0.6) is 0 Å². The first-order valence-corrected chi connectivity index (χ1v) is 9.47. The number of H-pyrrole nitrogens is 1. The Bertz CT molecular complexity index is 1000. The van der Waals surface area contributed by atoms with Crippen molar-refractivity contribution in [3.05, 3.63) is 71.5 Å². The molecule has 6 nitrogen and oxygen atoms in total. The molecule has 0 bridgehead atoms. The smallest absolute Gasteiger partial charge is 0.272 e. The molecule has 0 aliphatic carbocycles. The Morgan fingerprint density at radius 3 is 2.64 bits per heavy atom. The quantitative estimate of drug-likeness (QED) is 0.702. The molecule has 1 fully saturated rings. The van der Waals surface area contributed by atoms with E-state index in [0.29, 0.717) is 29.4 Å². The van der Waals surface area contributed by atoms with Crippen LogP contribution >= 0.6 is 11.6 Å². The normalized spacial score (nSPS) is 16.2. The monoisotopic (exact) mass is 394 g/mol. The SMILES string of the molecule is O=C(Nc1cccc(-c2cccc(Cl)c2)c1)[C@@H]1CCCN1C(=O)c1ccn[nH]1. The van der Waals surface area contributed by atoms with Crippen LogP contribution in [0.4, 0.5) is 5.69 Å². The lowest BCUT2D eigenvalue weighted by Crippen LogP contribution is -2.43. The van der Waals surface area contributed by atoms with Gasteiger partial charge in [0.25, 0.3) is 5.91 Å². The van der Waals surface area contributed by atoms with E-state index in [1.165, 1.54) is 6.20 Å². The minimum Gasteiger partial charge on any atom is -0.325 e. The third-order valence-electron chi connectivity index (χ3n) is 4.84. The second-order valence-corrected chi connectivity index (χ2v) is 7.14. The van der Waals surface area contributed by atoms with Gasteiger partial charge in [0.15, 0.2) is 0 Å². The highest BCUT2D eigenvalue weighted by atomic mass is 35.5. The van der Waals surface area contributed by atoms with Crippen LogP contribution in [0, 0.1) is 0 Å². The number of halogens is 1. The van der Waals surface area contributed by atoms with E-state index in [4.69, 9.17) is 11.6 Å². The van der Waals surface area contributed by atoms with Crippen molar-refractivity contribution in [3.8, 4) is 11.1 Å². The van der Waals surface area contributed by atoms with E-state index in [9.17, 15) is 9.59 Å². The van der Waals surface area contributed by atoms with E-state index in [0.717, 1.165) is 17.5 Å². The van der Waals surface area contributed by atoms with E-state index in [1.807, 2.05) is 48.5 Å². The van der Waals surface area contributed by atoms with Gasteiger partial charge in [-0.15, -0.1) is 0 Å². The van der Waals surface area contributed by atoms with Crippen molar-refractivity contribution in [2.24, 2.45) is 0 Å². The Labute approximate surface area is 167 Å². The molecule has 4 rings (SSSR count). The van der Waals surface area contributed by atoms with Gasteiger partial charge in [-0.25, -0.2) is 0 Å². The molecule has 2 heterocycles. The molecule has 1 saturated heterocycles. The van der Waals surface area contributed by atoms with Gasteiger partial charge in [0.05, 0.1) is 0 Å². The largest absolute Gasteiger partial charge is 0.325 e. The number of amides is 2. The third-order valence-corrected chi connectivity index (χ3v) is 5.07. The van der Waals surface area contributed by atoms with Crippen LogP contribution in [0.3, 0.4) is 0 Å². The predicted octanol–water partition coefficient (Wildman–Crippen LogP) is 3.97. The van der Waals surface area contributed by atoms with Gasteiger partial charge in [0, 0.05) is 23.5 Å². The maximum atomic E-state index is 12.8. The van der Waals surface area contributed by atoms with Crippen LogP contribution in [0.1, 0.15) is 23.3 Å². The average Bonchev–Trinajstić information content (AvgIpc) is 3.40. The van der Waals surface area contributed by atoms with Crippen molar-refractivity contribution in [1.29, 1.82) is 0 Å². The number of rotatable bonds is 4. The van der Waals surface area contributed by atoms with Crippen LogP contribution in [-0.2, 0) is 4.79 Å². The van der Waals surface area contributed by atoms with Gasteiger partial charge in [-0.1, -0.05) is 35.9 Å². The van der Waals surface area contributed by atoms with E-state index >= 15 is 0 Å². The van der Waals surface area contributed by atoms with Gasteiger partial charge in [0.1, 0.15) is 11.7 Å². The Morgan fingerprint density at radius 1 is 1.11 bits per heavy atom. The van der Waals surface area contributed by atoms with Gasteiger partial charge in [-0.3, -0.25) is 14.7 Å². The fourth-order valence-corrected chi connectivity index (χ4v) is 3.67. The lowest BCUT2D eigenvalue weighted by molar-refractivity contribution is -0.119. The number of nitrogens with zero attached hydrogens (tertiary/aromatic N) is 2. The zero-order valence-corrected chi connectivity index (χ0v) is 15.8. The summed E-state index contributed by atoms with van der Waals surface area (Å²) in [5.41, 5.74) is 3.00. The summed E-state index contributed by atoms with van der Waals surface area (Å²) in [4.78, 5) is 27.1. The van der Waals surface area contributed by atoms with Gasteiger partial charge in [0.2, 0.25) is 5.91 Å². The lowest BCUT2D eigenvalue weighted by Gasteiger charge is -2.23. The molecule has 142 valence electrons. The Kier molecular flexibility index (Phi) is 5.12. The first kappa shape index (κ1) is 18.3. The van der Waals surface area contributed by atoms with Crippen molar-refractivity contribution in [2.75, 3.05) is 11.9 Å². The Balaban J connectivity index is 1.50. The summed E-state index contributed by atoms with van der Waals surface area (Å²) in [5, 5.41) is 10.1. The zero-order valence-electron chi connectivity index (χ0n) is 15.1. The van der Waals surface area contributed by atoms with E-state index in [2.05, 4.69) is 15.5 Å². The first-order chi connectivity index (χ1) is 13.6. The maximum absolute atomic E-state index is 12.8. The molecule has 2 amide bonds. The molecule has 3 aromatic rings. The highest BCUT2D eigenvalue weighted by Gasteiger charge is 2.35. The molecule has 7 heteroatoms. The molecule has 1 aliphatic rings. The topological polar surface area (TPSA) is 78.1 Å². The van der Waals surface area contributed by atoms with E-state index < -0.39 is 6.04 Å². The summed E-state index contributed by atoms with van der Waals surface area (Å²) in [5.74, 6) is -0.392. The van der Waals surface area contributed by atoms with E-state index in [-0.39, 0.29) is 11.8 Å². The van der Waals surface area contributed by atoms with Crippen LogP contribution in [-0.4, -0.2) is 39.5 Å². The number of carbonyl (C=O) groups excluding carboxylic acids is 2. The molecule has 0 spiro atoms. The number of benzene rings is 2. The number of anilines is 1. The zero-order chi connectivity index (χ0) is 19.5. The summed E-state index contributed by atoms with van der Waals surface area (Å²) >= 11 is 6.08. The second-order valence-electron chi connectivity index (χ2n) is 6.71. The number of likely N-dealkylation sites (tertiary alicyclic amines) is 1. The van der Waals surface area contributed by atoms with Crippen LogP contribution in [0.2, 0.25) is 5.02 Å². The number of aromatic amines is 1. The molecule has 1 atom stereocenters. The summed E-state index contributed by atoms with van der Waals surface area (Å²) in [6, 6.07) is 16.3. The number of hydrogen-bond donors (Lipinski definition) is 2. The molecule has 1 aromatic heterocycles. The second kappa shape index (κ2) is 7.86. The number of hydrogen-bond acceptors (Lipinski definition) is 3. The lowest BCUT2D eigenvalue weighted by atomic mass is 10.1. The Hall–Kier alpha value is -3.12.